The zero-order valence-electron chi connectivity index (χ0n) is 18.0. The number of amides is 1. The molecule has 0 atom stereocenters. The fourth-order valence-electron chi connectivity index (χ4n) is 3.90. The van der Waals surface area contributed by atoms with Crippen LogP contribution in [0.5, 0.6) is 0 Å². The van der Waals surface area contributed by atoms with Crippen LogP contribution in [-0.4, -0.2) is 28.4 Å². The number of hydrogen-bond acceptors (Lipinski definition) is 5. The Morgan fingerprint density at radius 1 is 1.12 bits per heavy atom. The molecule has 0 radical (unpaired) electrons. The molecule has 3 N–H and O–H groups in total. The standard InChI is InChI=1S/C26H22N4O2S/c1-16-7-2-3-8-18(16)14-28-25(32)17-9-6-10-19(13-17)30-15-21(31)23(24(30)27)26-29-20-11-4-5-12-22(20)33-26/h2-13,27,31H,14-15H2,1H3,(H,28,32). The number of anilines is 1. The van der Waals surface area contributed by atoms with Gasteiger partial charge in [-0.1, -0.05) is 42.5 Å². The topological polar surface area (TPSA) is 89.3 Å². The molecule has 6 nitrogen and oxygen atoms in total. The van der Waals surface area contributed by atoms with Crippen molar-refractivity contribution in [2.24, 2.45) is 0 Å². The normalized spacial score (nSPS) is 13.7. The Bertz CT molecular complexity index is 1390. The molecule has 0 saturated carbocycles. The van der Waals surface area contributed by atoms with Crippen LogP contribution in [0.15, 0.2) is 78.6 Å². The van der Waals surface area contributed by atoms with Crippen LogP contribution >= 0.6 is 11.3 Å². The van der Waals surface area contributed by atoms with Crippen molar-refractivity contribution in [3.05, 3.63) is 100 Å². The van der Waals surface area contributed by atoms with E-state index in [2.05, 4.69) is 10.3 Å². The molecule has 0 saturated heterocycles. The van der Waals surface area contributed by atoms with Crippen molar-refractivity contribution in [1.82, 2.24) is 10.3 Å². The number of carbonyl (C=O) groups is 1. The summed E-state index contributed by atoms with van der Waals surface area (Å²) >= 11 is 1.45. The van der Waals surface area contributed by atoms with E-state index >= 15 is 0 Å². The minimum absolute atomic E-state index is 0.105. The van der Waals surface area contributed by atoms with Gasteiger partial charge in [0.2, 0.25) is 0 Å². The van der Waals surface area contributed by atoms with Crippen molar-refractivity contribution in [3.8, 4) is 0 Å². The molecule has 4 aromatic rings. The third-order valence-electron chi connectivity index (χ3n) is 5.73. The van der Waals surface area contributed by atoms with E-state index in [1.165, 1.54) is 11.3 Å². The van der Waals surface area contributed by atoms with Crippen LogP contribution in [0.25, 0.3) is 15.8 Å². The van der Waals surface area contributed by atoms with Crippen LogP contribution in [0.1, 0.15) is 26.5 Å². The van der Waals surface area contributed by atoms with Crippen molar-refractivity contribution in [2.45, 2.75) is 13.5 Å². The predicted molar refractivity (Wildman–Crippen MR) is 133 cm³/mol. The molecule has 33 heavy (non-hydrogen) atoms. The lowest BCUT2D eigenvalue weighted by Crippen LogP contribution is -2.27. The summed E-state index contributed by atoms with van der Waals surface area (Å²) in [4.78, 5) is 19.1. The molecule has 0 spiro atoms. The van der Waals surface area contributed by atoms with E-state index in [0.717, 1.165) is 21.3 Å². The van der Waals surface area contributed by atoms with E-state index in [-0.39, 0.29) is 24.0 Å². The zero-order chi connectivity index (χ0) is 22.9. The maximum Gasteiger partial charge on any atom is 0.251 e. The molecular formula is C26H22N4O2S. The average molecular weight is 455 g/mol. The van der Waals surface area contributed by atoms with Gasteiger partial charge in [0.1, 0.15) is 16.6 Å². The van der Waals surface area contributed by atoms with Crippen molar-refractivity contribution in [3.63, 3.8) is 0 Å². The lowest BCUT2D eigenvalue weighted by Gasteiger charge is -2.19. The number of amidine groups is 1. The summed E-state index contributed by atoms with van der Waals surface area (Å²) in [6.45, 7) is 2.63. The first-order valence-corrected chi connectivity index (χ1v) is 11.4. The Hall–Kier alpha value is -3.97. The van der Waals surface area contributed by atoms with Crippen LogP contribution < -0.4 is 10.2 Å². The Labute approximate surface area is 195 Å². The number of para-hydroxylation sites is 1. The molecular weight excluding hydrogens is 432 g/mol. The van der Waals surface area contributed by atoms with E-state index in [1.807, 2.05) is 61.5 Å². The summed E-state index contributed by atoms with van der Waals surface area (Å²) in [6, 6.07) is 22.8. The van der Waals surface area contributed by atoms with E-state index < -0.39 is 0 Å². The zero-order valence-corrected chi connectivity index (χ0v) is 18.8. The summed E-state index contributed by atoms with van der Waals surface area (Å²) in [5, 5.41) is 23.0. The first-order valence-electron chi connectivity index (χ1n) is 10.6. The molecule has 164 valence electrons. The van der Waals surface area contributed by atoms with Crippen molar-refractivity contribution < 1.29 is 9.90 Å². The lowest BCUT2D eigenvalue weighted by atomic mass is 10.1. The Kier molecular flexibility index (Phi) is 5.40. The third-order valence-corrected chi connectivity index (χ3v) is 6.79. The SMILES string of the molecule is Cc1ccccc1CNC(=O)c1cccc(N2CC(O)=C(c3nc4ccccc4s3)C2=N)c1. The number of aromatic nitrogens is 1. The number of nitrogens with one attached hydrogen (secondary N) is 2. The van der Waals surface area contributed by atoms with Gasteiger partial charge >= 0.3 is 0 Å². The highest BCUT2D eigenvalue weighted by Crippen LogP contribution is 2.35. The van der Waals surface area contributed by atoms with Crippen LogP contribution in [0, 0.1) is 12.3 Å². The Morgan fingerprint density at radius 2 is 1.91 bits per heavy atom. The number of aryl methyl sites for hydroxylation is 1. The fourth-order valence-corrected chi connectivity index (χ4v) is 4.94. The molecule has 0 aliphatic carbocycles. The molecule has 1 aliphatic heterocycles. The van der Waals surface area contributed by atoms with Crippen molar-refractivity contribution in [2.75, 3.05) is 11.4 Å². The van der Waals surface area contributed by atoms with Gasteiger partial charge in [-0.3, -0.25) is 10.2 Å². The Balaban J connectivity index is 1.35. The molecule has 1 aliphatic rings. The highest BCUT2D eigenvalue weighted by atomic mass is 32.1. The fraction of sp³-hybridized carbons (Fsp3) is 0.115. The van der Waals surface area contributed by atoms with E-state index in [4.69, 9.17) is 5.41 Å². The maximum atomic E-state index is 12.8. The smallest absolute Gasteiger partial charge is 0.251 e. The van der Waals surface area contributed by atoms with E-state index in [0.29, 0.717) is 28.4 Å². The molecule has 5 rings (SSSR count). The van der Waals surface area contributed by atoms with Gasteiger partial charge in [0.05, 0.1) is 22.3 Å². The summed E-state index contributed by atoms with van der Waals surface area (Å²) in [7, 11) is 0. The molecule has 0 fully saturated rings. The summed E-state index contributed by atoms with van der Waals surface area (Å²) < 4.78 is 1.01. The molecule has 0 bridgehead atoms. The molecule has 0 unspecified atom stereocenters. The second-order valence-electron chi connectivity index (χ2n) is 7.90. The third kappa shape index (κ3) is 3.99. The van der Waals surface area contributed by atoms with Crippen molar-refractivity contribution in [1.29, 1.82) is 5.41 Å². The number of benzene rings is 3. The maximum absolute atomic E-state index is 12.8. The quantitative estimate of drug-likeness (QED) is 0.382. The molecule has 7 heteroatoms. The van der Waals surface area contributed by atoms with Gasteiger partial charge in [0.25, 0.3) is 5.91 Å². The summed E-state index contributed by atoms with van der Waals surface area (Å²) in [6.07, 6.45) is 0. The number of nitrogens with zero attached hydrogens (tertiary/aromatic N) is 2. The number of fused-ring (bicyclic) bond motifs is 1. The summed E-state index contributed by atoms with van der Waals surface area (Å²) in [5.41, 5.74) is 4.65. The van der Waals surface area contributed by atoms with Gasteiger partial charge in [0, 0.05) is 17.8 Å². The Morgan fingerprint density at radius 3 is 2.73 bits per heavy atom. The predicted octanol–water partition coefficient (Wildman–Crippen LogP) is 5.30. The highest BCUT2D eigenvalue weighted by molar-refractivity contribution is 7.19. The molecule has 1 amide bonds. The van der Waals surface area contributed by atoms with Crippen LogP contribution in [-0.2, 0) is 6.54 Å². The van der Waals surface area contributed by atoms with Gasteiger partial charge in [-0.05, 0) is 48.4 Å². The highest BCUT2D eigenvalue weighted by Gasteiger charge is 2.31. The molecule has 2 heterocycles. The number of thiazole rings is 1. The number of hydrogen-bond donors (Lipinski definition) is 3. The first-order chi connectivity index (χ1) is 16.0. The second-order valence-corrected chi connectivity index (χ2v) is 8.93. The number of aliphatic hydroxyl groups excluding tert-OH is 1. The molecule has 3 aromatic carbocycles. The monoisotopic (exact) mass is 454 g/mol. The number of aliphatic hydroxyl groups is 1. The first kappa shape index (κ1) is 20.9. The van der Waals surface area contributed by atoms with Gasteiger partial charge in [-0.2, -0.15) is 0 Å². The molecule has 1 aromatic heterocycles. The minimum Gasteiger partial charge on any atom is -0.510 e. The van der Waals surface area contributed by atoms with Crippen LogP contribution in [0.2, 0.25) is 0 Å². The van der Waals surface area contributed by atoms with Crippen LogP contribution in [0.3, 0.4) is 0 Å². The number of rotatable bonds is 5. The average Bonchev–Trinajstić information content (AvgIpc) is 3.38. The number of carbonyl (C=O) groups excluding carboxylic acids is 1. The van der Waals surface area contributed by atoms with E-state index in [9.17, 15) is 9.90 Å². The van der Waals surface area contributed by atoms with Crippen LogP contribution in [0.4, 0.5) is 5.69 Å². The largest absolute Gasteiger partial charge is 0.510 e. The lowest BCUT2D eigenvalue weighted by molar-refractivity contribution is 0.0951. The second kappa shape index (κ2) is 8.52. The van der Waals surface area contributed by atoms with E-state index in [1.54, 1.807) is 23.1 Å². The van der Waals surface area contributed by atoms with Gasteiger partial charge < -0.3 is 15.3 Å². The van der Waals surface area contributed by atoms with Gasteiger partial charge in [0.15, 0.2) is 0 Å². The van der Waals surface area contributed by atoms with Gasteiger partial charge in [-0.25, -0.2) is 4.98 Å². The van der Waals surface area contributed by atoms with Crippen molar-refractivity contribution >= 4 is 44.6 Å². The summed E-state index contributed by atoms with van der Waals surface area (Å²) in [5.74, 6) is 0.0897. The minimum atomic E-state index is -0.186. The van der Waals surface area contributed by atoms with Gasteiger partial charge in [-0.15, -0.1) is 11.3 Å².